The van der Waals surface area contributed by atoms with Crippen LogP contribution in [0.4, 0.5) is 0 Å². The first kappa shape index (κ1) is 23.0. The summed E-state index contributed by atoms with van der Waals surface area (Å²) in [6.45, 7) is 3.50. The molecule has 0 aromatic rings. The van der Waals surface area contributed by atoms with Gasteiger partial charge in [0.2, 0.25) is 11.6 Å². The molecule has 2 atom stereocenters. The Hall–Kier alpha value is -0.250. The van der Waals surface area contributed by atoms with Gasteiger partial charge < -0.3 is 14.2 Å². The molecule has 2 heterocycles. The van der Waals surface area contributed by atoms with E-state index >= 15 is 0 Å². The van der Waals surface area contributed by atoms with Gasteiger partial charge in [-0.05, 0) is 6.42 Å². The van der Waals surface area contributed by atoms with Crippen LogP contribution in [-0.4, -0.2) is 44.4 Å². The Bertz CT molecular complexity index is 512. The lowest BCUT2D eigenvalue weighted by molar-refractivity contribution is -0.463. The van der Waals surface area contributed by atoms with Crippen molar-refractivity contribution in [1.82, 2.24) is 0 Å². The number of rotatable bonds is 16. The maximum absolute atomic E-state index is 11.1. The minimum atomic E-state index is -4.64. The van der Waals surface area contributed by atoms with Crippen LogP contribution in [0.15, 0.2) is 0 Å². The Labute approximate surface area is 164 Å². The van der Waals surface area contributed by atoms with Gasteiger partial charge in [-0.1, -0.05) is 71.1 Å². The van der Waals surface area contributed by atoms with Crippen LogP contribution in [0.5, 0.6) is 0 Å². The normalized spacial score (nSPS) is 27.9. The SMILES string of the molecule is CCCCCCCCCCCCCOC1(C2(OS(=O)(=O)O)CCO2)CCO1. The molecule has 0 aliphatic carbocycles. The fraction of sp³-hybridized carbons (Fsp3) is 1.00. The first-order valence-electron chi connectivity index (χ1n) is 10.5. The molecule has 2 unspecified atom stereocenters. The lowest BCUT2D eigenvalue weighted by Gasteiger charge is -2.55. The summed E-state index contributed by atoms with van der Waals surface area (Å²) >= 11 is 0. The molecule has 160 valence electrons. The lowest BCUT2D eigenvalue weighted by Crippen LogP contribution is -2.70. The molecule has 2 aliphatic heterocycles. The summed E-state index contributed by atoms with van der Waals surface area (Å²) in [5.74, 6) is -2.77. The predicted octanol–water partition coefficient (Wildman–Crippen LogP) is 4.37. The van der Waals surface area contributed by atoms with E-state index in [1.165, 1.54) is 57.8 Å². The first-order valence-corrected chi connectivity index (χ1v) is 11.9. The standard InChI is InChI=1S/C19H36O7S/c1-2-3-4-5-6-7-8-9-10-11-12-15-23-18(13-16-24-18)19(14-17-25-19)26-27(20,21)22/h2-17H2,1H3,(H,20,21,22). The molecule has 27 heavy (non-hydrogen) atoms. The van der Waals surface area contributed by atoms with E-state index in [9.17, 15) is 8.42 Å². The van der Waals surface area contributed by atoms with Crippen molar-refractivity contribution in [2.45, 2.75) is 102 Å². The third-order valence-corrected chi connectivity index (χ3v) is 5.92. The number of unbranched alkanes of at least 4 members (excludes halogenated alkanes) is 10. The third kappa shape index (κ3) is 6.94. The van der Waals surface area contributed by atoms with Crippen molar-refractivity contribution < 1.29 is 31.4 Å². The zero-order valence-electron chi connectivity index (χ0n) is 16.6. The number of hydrogen-bond donors (Lipinski definition) is 1. The fourth-order valence-electron chi connectivity index (χ4n) is 3.70. The monoisotopic (exact) mass is 408 g/mol. The quantitative estimate of drug-likeness (QED) is 0.299. The van der Waals surface area contributed by atoms with E-state index in [2.05, 4.69) is 6.92 Å². The lowest BCUT2D eigenvalue weighted by atomic mass is 9.91. The molecule has 2 aliphatic rings. The molecule has 2 fully saturated rings. The van der Waals surface area contributed by atoms with Crippen LogP contribution < -0.4 is 0 Å². The average molecular weight is 409 g/mol. The van der Waals surface area contributed by atoms with Gasteiger partial charge in [0, 0.05) is 12.8 Å². The summed E-state index contributed by atoms with van der Waals surface area (Å²) in [5.41, 5.74) is 0. The van der Waals surface area contributed by atoms with Crippen molar-refractivity contribution >= 4 is 10.4 Å². The predicted molar refractivity (Wildman–Crippen MR) is 102 cm³/mol. The van der Waals surface area contributed by atoms with E-state index in [4.69, 9.17) is 22.9 Å². The molecule has 0 spiro atoms. The zero-order valence-corrected chi connectivity index (χ0v) is 17.4. The molecule has 7 nitrogen and oxygen atoms in total. The summed E-state index contributed by atoms with van der Waals surface area (Å²) in [4.78, 5) is 0. The van der Waals surface area contributed by atoms with Gasteiger partial charge in [-0.15, -0.1) is 0 Å². The minimum Gasteiger partial charge on any atom is -0.345 e. The molecular weight excluding hydrogens is 372 g/mol. The van der Waals surface area contributed by atoms with Gasteiger partial charge in [-0.25, -0.2) is 4.18 Å². The smallest absolute Gasteiger partial charge is 0.345 e. The second-order valence-corrected chi connectivity index (χ2v) is 8.62. The van der Waals surface area contributed by atoms with Gasteiger partial charge in [-0.3, -0.25) is 4.55 Å². The van der Waals surface area contributed by atoms with Crippen molar-refractivity contribution in [3.63, 3.8) is 0 Å². The molecule has 2 rings (SSSR count). The average Bonchev–Trinajstić information content (AvgIpc) is 2.53. The van der Waals surface area contributed by atoms with Gasteiger partial charge in [0.05, 0.1) is 19.8 Å². The fourth-order valence-corrected chi connectivity index (χ4v) is 4.30. The molecule has 1 N–H and O–H groups in total. The van der Waals surface area contributed by atoms with Gasteiger partial charge in [0.1, 0.15) is 0 Å². The van der Waals surface area contributed by atoms with Crippen molar-refractivity contribution in [1.29, 1.82) is 0 Å². The molecule has 0 bridgehead atoms. The van der Waals surface area contributed by atoms with Gasteiger partial charge >= 0.3 is 10.4 Å². The van der Waals surface area contributed by atoms with Gasteiger partial charge in [0.25, 0.3) is 0 Å². The van der Waals surface area contributed by atoms with E-state index < -0.39 is 22.0 Å². The van der Waals surface area contributed by atoms with E-state index in [0.717, 1.165) is 12.8 Å². The first-order chi connectivity index (χ1) is 12.9. The topological polar surface area (TPSA) is 91.3 Å². The summed E-state index contributed by atoms with van der Waals surface area (Å²) < 4.78 is 52.8. The van der Waals surface area contributed by atoms with Crippen molar-refractivity contribution in [2.75, 3.05) is 19.8 Å². The van der Waals surface area contributed by atoms with Crippen LogP contribution in [0, 0.1) is 0 Å². The Kier molecular flexibility index (Phi) is 9.44. The van der Waals surface area contributed by atoms with Crippen LogP contribution in [0.2, 0.25) is 0 Å². The second kappa shape index (κ2) is 11.1. The molecular formula is C19H36O7S. The van der Waals surface area contributed by atoms with Crippen molar-refractivity contribution in [3.8, 4) is 0 Å². The second-order valence-electron chi connectivity index (χ2n) is 7.60. The molecule has 0 aromatic heterocycles. The maximum Gasteiger partial charge on any atom is 0.400 e. The van der Waals surface area contributed by atoms with Crippen LogP contribution in [-0.2, 0) is 28.8 Å². The van der Waals surface area contributed by atoms with Gasteiger partial charge in [0.15, 0.2) is 0 Å². The number of ether oxygens (including phenoxy) is 3. The maximum atomic E-state index is 11.1. The van der Waals surface area contributed by atoms with E-state index in [1.54, 1.807) is 0 Å². The molecule has 0 saturated carbocycles. The molecule has 8 heteroatoms. The van der Waals surface area contributed by atoms with E-state index in [1.807, 2.05) is 0 Å². The molecule has 2 saturated heterocycles. The van der Waals surface area contributed by atoms with Crippen molar-refractivity contribution in [2.24, 2.45) is 0 Å². The van der Waals surface area contributed by atoms with E-state index in [0.29, 0.717) is 32.7 Å². The molecule has 0 amide bonds. The highest BCUT2D eigenvalue weighted by atomic mass is 32.3. The Morgan fingerprint density at radius 1 is 0.815 bits per heavy atom. The third-order valence-electron chi connectivity index (χ3n) is 5.44. The summed E-state index contributed by atoms with van der Waals surface area (Å²) in [5, 5.41) is 0. The van der Waals surface area contributed by atoms with Crippen LogP contribution in [0.3, 0.4) is 0 Å². The van der Waals surface area contributed by atoms with Crippen LogP contribution >= 0.6 is 0 Å². The summed E-state index contributed by atoms with van der Waals surface area (Å²) in [6.07, 6.45) is 14.5. The molecule has 0 radical (unpaired) electrons. The highest BCUT2D eigenvalue weighted by Gasteiger charge is 2.66. The highest BCUT2D eigenvalue weighted by Crippen LogP contribution is 2.48. The Morgan fingerprint density at radius 3 is 1.63 bits per heavy atom. The van der Waals surface area contributed by atoms with E-state index in [-0.39, 0.29) is 0 Å². The summed E-state index contributed by atoms with van der Waals surface area (Å²) in [7, 11) is -4.64. The Balaban J connectivity index is 1.56. The van der Waals surface area contributed by atoms with Gasteiger partial charge in [-0.2, -0.15) is 8.42 Å². The Morgan fingerprint density at radius 2 is 1.26 bits per heavy atom. The zero-order chi connectivity index (χ0) is 19.6. The minimum absolute atomic E-state index is 0.311. The van der Waals surface area contributed by atoms with Crippen LogP contribution in [0.25, 0.3) is 0 Å². The van der Waals surface area contributed by atoms with Crippen molar-refractivity contribution in [3.05, 3.63) is 0 Å². The summed E-state index contributed by atoms with van der Waals surface area (Å²) in [6, 6.07) is 0. The highest BCUT2D eigenvalue weighted by molar-refractivity contribution is 7.80. The number of hydrogen-bond acceptors (Lipinski definition) is 6. The van der Waals surface area contributed by atoms with Crippen LogP contribution in [0.1, 0.15) is 90.4 Å². The largest absolute Gasteiger partial charge is 0.400 e. The molecule has 0 aromatic carbocycles.